The van der Waals surface area contributed by atoms with Gasteiger partial charge >= 0.3 is 0 Å². The fourth-order valence-electron chi connectivity index (χ4n) is 2.56. The molecule has 22 heavy (non-hydrogen) atoms. The van der Waals surface area contributed by atoms with E-state index in [1.165, 1.54) is 5.56 Å². The monoisotopic (exact) mass is 296 g/mol. The van der Waals surface area contributed by atoms with E-state index in [-0.39, 0.29) is 12.0 Å². The van der Waals surface area contributed by atoms with Crippen molar-refractivity contribution in [3.05, 3.63) is 41.7 Å². The van der Waals surface area contributed by atoms with Crippen molar-refractivity contribution in [2.24, 2.45) is 7.05 Å². The van der Waals surface area contributed by atoms with Crippen molar-refractivity contribution in [1.29, 1.82) is 0 Å². The molecule has 6 nitrogen and oxygen atoms in total. The van der Waals surface area contributed by atoms with Crippen LogP contribution < -0.4 is 11.1 Å². The molecule has 0 aliphatic rings. The summed E-state index contributed by atoms with van der Waals surface area (Å²) in [5.41, 5.74) is 8.57. The third-order valence-electron chi connectivity index (χ3n) is 3.88. The normalized spacial score (nSPS) is 12.5. The molecule has 1 aromatic carbocycles. The summed E-state index contributed by atoms with van der Waals surface area (Å²) >= 11 is 0. The molecular formula is C16H20N6. The van der Waals surface area contributed by atoms with Crippen molar-refractivity contribution in [3.63, 3.8) is 0 Å². The molecule has 0 saturated heterocycles. The van der Waals surface area contributed by atoms with Crippen molar-refractivity contribution < 1.29 is 0 Å². The number of anilines is 2. The van der Waals surface area contributed by atoms with Crippen LogP contribution in [0.3, 0.4) is 0 Å². The van der Waals surface area contributed by atoms with Gasteiger partial charge < -0.3 is 15.6 Å². The summed E-state index contributed by atoms with van der Waals surface area (Å²) in [5.74, 6) is 1.81. The Bertz CT molecular complexity index is 793. The quantitative estimate of drug-likeness (QED) is 0.773. The highest BCUT2D eigenvalue weighted by molar-refractivity contribution is 5.84. The minimum absolute atomic E-state index is 0.154. The number of nitrogen functional groups attached to an aromatic ring is 1. The average Bonchev–Trinajstić information content (AvgIpc) is 2.81. The van der Waals surface area contributed by atoms with Gasteiger partial charge in [-0.05, 0) is 18.9 Å². The smallest absolute Gasteiger partial charge is 0.224 e. The van der Waals surface area contributed by atoms with Gasteiger partial charge in [-0.1, -0.05) is 37.3 Å². The molecule has 0 radical (unpaired) electrons. The van der Waals surface area contributed by atoms with Crippen LogP contribution in [-0.4, -0.2) is 19.5 Å². The topological polar surface area (TPSA) is 81.7 Å². The van der Waals surface area contributed by atoms with E-state index in [9.17, 15) is 0 Å². The Hall–Kier alpha value is -2.63. The first-order chi connectivity index (χ1) is 10.6. The van der Waals surface area contributed by atoms with E-state index in [1.807, 2.05) is 36.7 Å². The Morgan fingerprint density at radius 3 is 2.59 bits per heavy atom. The Morgan fingerprint density at radius 1 is 1.18 bits per heavy atom. The number of rotatable bonds is 4. The van der Waals surface area contributed by atoms with Crippen molar-refractivity contribution >= 4 is 22.9 Å². The van der Waals surface area contributed by atoms with Crippen molar-refractivity contribution in [1.82, 2.24) is 19.5 Å². The van der Waals surface area contributed by atoms with Crippen molar-refractivity contribution in [2.75, 3.05) is 11.1 Å². The maximum absolute atomic E-state index is 5.86. The highest BCUT2D eigenvalue weighted by Crippen LogP contribution is 2.26. The minimum Gasteiger partial charge on any atom is -0.368 e. The van der Waals surface area contributed by atoms with Crippen LogP contribution in [0.15, 0.2) is 30.3 Å². The predicted molar refractivity (Wildman–Crippen MR) is 88.6 cm³/mol. The number of hydrogen-bond acceptors (Lipinski definition) is 5. The number of imidazole rings is 1. The maximum Gasteiger partial charge on any atom is 0.224 e. The molecular weight excluding hydrogens is 276 g/mol. The summed E-state index contributed by atoms with van der Waals surface area (Å²) in [6.07, 6.45) is 0.932. The lowest BCUT2D eigenvalue weighted by atomic mass is 10.0. The molecule has 2 aromatic heterocycles. The van der Waals surface area contributed by atoms with Crippen LogP contribution in [0.25, 0.3) is 11.2 Å². The van der Waals surface area contributed by atoms with Crippen LogP contribution in [0.1, 0.15) is 30.8 Å². The van der Waals surface area contributed by atoms with Gasteiger partial charge in [-0.2, -0.15) is 9.97 Å². The SMILES string of the molecule is CC[C@H](Nc1nc(N)nc2c1nc(C)n2C)c1ccccc1. The van der Waals surface area contributed by atoms with Gasteiger partial charge in [0.2, 0.25) is 5.95 Å². The van der Waals surface area contributed by atoms with Gasteiger partial charge in [0.1, 0.15) is 5.82 Å². The van der Waals surface area contributed by atoms with Crippen molar-refractivity contribution in [3.8, 4) is 0 Å². The number of nitrogens with two attached hydrogens (primary N) is 1. The summed E-state index contributed by atoms with van der Waals surface area (Å²) in [4.78, 5) is 13.2. The largest absolute Gasteiger partial charge is 0.368 e. The number of nitrogens with one attached hydrogen (secondary N) is 1. The molecule has 0 aliphatic carbocycles. The number of benzene rings is 1. The number of fused-ring (bicyclic) bond motifs is 1. The predicted octanol–water partition coefficient (Wildman–Crippen LogP) is 2.82. The lowest BCUT2D eigenvalue weighted by Crippen LogP contribution is -2.12. The Labute approximate surface area is 129 Å². The zero-order chi connectivity index (χ0) is 15.7. The van der Waals surface area contributed by atoms with E-state index in [4.69, 9.17) is 5.73 Å². The summed E-state index contributed by atoms with van der Waals surface area (Å²) < 4.78 is 1.92. The zero-order valence-electron chi connectivity index (χ0n) is 13.0. The minimum atomic E-state index is 0.154. The third kappa shape index (κ3) is 2.47. The van der Waals surface area contributed by atoms with Gasteiger partial charge in [0.05, 0.1) is 6.04 Å². The zero-order valence-corrected chi connectivity index (χ0v) is 13.0. The van der Waals surface area contributed by atoms with E-state index in [1.54, 1.807) is 0 Å². The molecule has 1 atom stereocenters. The molecule has 2 heterocycles. The van der Waals surface area contributed by atoms with Crippen LogP contribution in [0.5, 0.6) is 0 Å². The second kappa shape index (κ2) is 5.63. The van der Waals surface area contributed by atoms with Gasteiger partial charge in [0, 0.05) is 7.05 Å². The van der Waals surface area contributed by atoms with Crippen LogP contribution in [0, 0.1) is 6.92 Å². The van der Waals surface area contributed by atoms with E-state index in [2.05, 4.69) is 39.3 Å². The molecule has 0 aliphatic heterocycles. The van der Waals surface area contributed by atoms with Gasteiger partial charge in [-0.15, -0.1) is 0 Å². The summed E-state index contributed by atoms with van der Waals surface area (Å²) in [7, 11) is 1.93. The van der Waals surface area contributed by atoms with Crippen LogP contribution in [0.2, 0.25) is 0 Å². The molecule has 3 rings (SSSR count). The Morgan fingerprint density at radius 2 is 1.91 bits per heavy atom. The summed E-state index contributed by atoms with van der Waals surface area (Å²) in [6, 6.07) is 10.4. The molecule has 0 amide bonds. The van der Waals surface area contributed by atoms with Gasteiger partial charge in [-0.3, -0.25) is 0 Å². The summed E-state index contributed by atoms with van der Waals surface area (Å²) in [5, 5.41) is 3.46. The average molecular weight is 296 g/mol. The lowest BCUT2D eigenvalue weighted by molar-refractivity contribution is 0.745. The van der Waals surface area contributed by atoms with Crippen molar-refractivity contribution in [2.45, 2.75) is 26.3 Å². The van der Waals surface area contributed by atoms with Crippen LogP contribution in [0.4, 0.5) is 11.8 Å². The number of nitrogens with zero attached hydrogens (tertiary/aromatic N) is 4. The van der Waals surface area contributed by atoms with E-state index in [0.29, 0.717) is 5.82 Å². The fourth-order valence-corrected chi connectivity index (χ4v) is 2.56. The van der Waals surface area contributed by atoms with E-state index >= 15 is 0 Å². The maximum atomic E-state index is 5.86. The van der Waals surface area contributed by atoms with Gasteiger partial charge in [0.15, 0.2) is 17.0 Å². The highest BCUT2D eigenvalue weighted by atomic mass is 15.2. The third-order valence-corrected chi connectivity index (χ3v) is 3.88. The molecule has 0 spiro atoms. The highest BCUT2D eigenvalue weighted by Gasteiger charge is 2.16. The first-order valence-corrected chi connectivity index (χ1v) is 7.38. The molecule has 3 aromatic rings. The van der Waals surface area contributed by atoms with E-state index < -0.39 is 0 Å². The van der Waals surface area contributed by atoms with Crippen LogP contribution in [-0.2, 0) is 7.05 Å². The van der Waals surface area contributed by atoms with E-state index in [0.717, 1.165) is 23.4 Å². The van der Waals surface area contributed by atoms with Gasteiger partial charge in [-0.25, -0.2) is 4.98 Å². The fraction of sp³-hybridized carbons (Fsp3) is 0.312. The lowest BCUT2D eigenvalue weighted by Gasteiger charge is -2.18. The second-order valence-corrected chi connectivity index (χ2v) is 5.34. The molecule has 3 N–H and O–H groups in total. The first-order valence-electron chi connectivity index (χ1n) is 7.38. The molecule has 114 valence electrons. The number of hydrogen-bond donors (Lipinski definition) is 2. The second-order valence-electron chi connectivity index (χ2n) is 5.34. The molecule has 0 saturated carbocycles. The first kappa shape index (κ1) is 14.3. The number of aromatic nitrogens is 4. The summed E-state index contributed by atoms with van der Waals surface area (Å²) in [6.45, 7) is 4.08. The van der Waals surface area contributed by atoms with Crippen LogP contribution >= 0.6 is 0 Å². The Kier molecular flexibility index (Phi) is 3.66. The molecule has 0 unspecified atom stereocenters. The molecule has 6 heteroatoms. The van der Waals surface area contributed by atoms with Gasteiger partial charge in [0.25, 0.3) is 0 Å². The molecule has 0 fully saturated rings. The molecule has 0 bridgehead atoms. The standard InChI is InChI=1S/C16H20N6/c1-4-12(11-8-6-5-7-9-11)19-14-13-15(21-16(17)20-14)22(3)10(2)18-13/h5-9,12H,4H2,1-3H3,(H3,17,19,20,21)/t12-/m0/s1. The Balaban J connectivity index is 2.04. The number of aryl methyl sites for hydroxylation is 2.